The molecule has 5 unspecified atom stereocenters. The van der Waals surface area contributed by atoms with E-state index < -0.39 is 66.3 Å². The molecule has 0 bridgehead atoms. The predicted molar refractivity (Wildman–Crippen MR) is 90.5 cm³/mol. The highest BCUT2D eigenvalue weighted by atomic mass is 16.6. The maximum atomic E-state index is 12.1. The van der Waals surface area contributed by atoms with E-state index in [0.717, 1.165) is 6.08 Å². The summed E-state index contributed by atoms with van der Waals surface area (Å²) in [6, 6.07) is -2.27. The molecule has 0 aliphatic carbocycles. The quantitative estimate of drug-likeness (QED) is 0.314. The molecule has 1 rings (SSSR count). The Morgan fingerprint density at radius 3 is 2.30 bits per heavy atom. The molecule has 0 radical (unpaired) electrons. The minimum absolute atomic E-state index is 0.553. The molecule has 1 heterocycles. The number of hydrogen-bond acceptors (Lipinski definition) is 8. The molecular formula is C16H26N2O9. The van der Waals surface area contributed by atoms with Gasteiger partial charge in [0.25, 0.3) is 0 Å². The van der Waals surface area contributed by atoms with Crippen LogP contribution < -0.4 is 10.6 Å². The summed E-state index contributed by atoms with van der Waals surface area (Å²) in [5.41, 5.74) is -0.829. The molecule has 0 aromatic carbocycles. The lowest BCUT2D eigenvalue weighted by Gasteiger charge is -2.40. The first-order valence-corrected chi connectivity index (χ1v) is 8.21. The van der Waals surface area contributed by atoms with Crippen molar-refractivity contribution < 1.29 is 44.3 Å². The number of aliphatic carboxylic acids is 1. The Morgan fingerprint density at radius 1 is 1.26 bits per heavy atom. The summed E-state index contributed by atoms with van der Waals surface area (Å²) in [7, 11) is 0. The summed E-state index contributed by atoms with van der Waals surface area (Å²) in [6.45, 7) is 5.23. The van der Waals surface area contributed by atoms with E-state index in [1.54, 1.807) is 20.8 Å². The number of alkyl carbamates (subject to hydrolysis) is 1. The smallest absolute Gasteiger partial charge is 0.408 e. The van der Waals surface area contributed by atoms with Crippen molar-refractivity contribution in [3.63, 3.8) is 0 Å². The highest BCUT2D eigenvalue weighted by Gasteiger charge is 2.44. The molecule has 1 aliphatic heterocycles. The Hall–Kier alpha value is -2.37. The summed E-state index contributed by atoms with van der Waals surface area (Å²) in [6.07, 6.45) is -4.73. The van der Waals surface area contributed by atoms with E-state index in [1.165, 1.54) is 6.92 Å². The van der Waals surface area contributed by atoms with Gasteiger partial charge in [-0.15, -0.1) is 0 Å². The average Bonchev–Trinajstić information content (AvgIpc) is 2.52. The number of aliphatic hydroxyl groups is 3. The molecule has 11 nitrogen and oxygen atoms in total. The number of aliphatic hydroxyl groups excluding tert-OH is 3. The van der Waals surface area contributed by atoms with Crippen LogP contribution in [-0.4, -0.2) is 81.0 Å². The number of carbonyl (C=O) groups is 3. The second-order valence-corrected chi connectivity index (χ2v) is 7.06. The first kappa shape index (κ1) is 22.7. The predicted octanol–water partition coefficient (Wildman–Crippen LogP) is -1.53. The normalized spacial score (nSPS) is 24.7. The Kier molecular flexibility index (Phi) is 7.57. The summed E-state index contributed by atoms with van der Waals surface area (Å²) in [5, 5.41) is 43.0. The number of carboxylic acid groups (broad SMARTS) is 1. The van der Waals surface area contributed by atoms with Gasteiger partial charge < -0.3 is 40.5 Å². The lowest BCUT2D eigenvalue weighted by molar-refractivity contribution is -0.146. The fourth-order valence-electron chi connectivity index (χ4n) is 2.44. The number of carboxylic acids is 1. The van der Waals surface area contributed by atoms with E-state index in [-0.39, 0.29) is 0 Å². The molecule has 0 spiro atoms. The van der Waals surface area contributed by atoms with Crippen LogP contribution in [0.5, 0.6) is 0 Å². The number of carbonyl (C=O) groups excluding carboxylic acids is 2. The van der Waals surface area contributed by atoms with Crippen molar-refractivity contribution in [1.82, 2.24) is 10.6 Å². The van der Waals surface area contributed by atoms with Gasteiger partial charge in [-0.1, -0.05) is 0 Å². The zero-order valence-corrected chi connectivity index (χ0v) is 15.5. The molecule has 0 fully saturated rings. The van der Waals surface area contributed by atoms with Gasteiger partial charge in [0.05, 0.1) is 18.7 Å². The van der Waals surface area contributed by atoms with E-state index in [1.807, 2.05) is 0 Å². The van der Waals surface area contributed by atoms with Crippen LogP contribution in [0.25, 0.3) is 0 Å². The van der Waals surface area contributed by atoms with Gasteiger partial charge in [-0.05, 0) is 26.8 Å². The topological polar surface area (TPSA) is 175 Å². The number of nitrogens with one attached hydrogen (secondary N) is 2. The third kappa shape index (κ3) is 6.70. The van der Waals surface area contributed by atoms with Crippen LogP contribution in [0.15, 0.2) is 11.8 Å². The maximum Gasteiger partial charge on any atom is 0.408 e. The Bertz CT molecular complexity index is 599. The Morgan fingerprint density at radius 2 is 1.85 bits per heavy atom. The molecule has 0 saturated heterocycles. The summed E-state index contributed by atoms with van der Waals surface area (Å²) in [5.74, 6) is -2.64. The fourth-order valence-corrected chi connectivity index (χ4v) is 2.44. The van der Waals surface area contributed by atoms with Crippen molar-refractivity contribution in [1.29, 1.82) is 0 Å². The number of amides is 2. The van der Waals surface area contributed by atoms with Crippen molar-refractivity contribution in [2.45, 2.75) is 63.7 Å². The zero-order chi connectivity index (χ0) is 20.9. The van der Waals surface area contributed by atoms with Gasteiger partial charge in [0.1, 0.15) is 23.9 Å². The van der Waals surface area contributed by atoms with Crippen molar-refractivity contribution in [3.05, 3.63) is 11.8 Å². The Labute approximate surface area is 156 Å². The van der Waals surface area contributed by atoms with Gasteiger partial charge in [0, 0.05) is 6.92 Å². The first-order valence-electron chi connectivity index (χ1n) is 8.21. The van der Waals surface area contributed by atoms with Gasteiger partial charge >= 0.3 is 12.1 Å². The van der Waals surface area contributed by atoms with Crippen molar-refractivity contribution in [2.75, 3.05) is 6.61 Å². The van der Waals surface area contributed by atoms with Gasteiger partial charge in [-0.3, -0.25) is 4.79 Å². The van der Waals surface area contributed by atoms with Crippen LogP contribution in [-0.2, 0) is 19.1 Å². The van der Waals surface area contributed by atoms with Crippen molar-refractivity contribution in [2.24, 2.45) is 0 Å². The second-order valence-electron chi connectivity index (χ2n) is 7.06. The molecule has 0 aromatic heterocycles. The molecular weight excluding hydrogens is 364 g/mol. The molecule has 5 atom stereocenters. The SMILES string of the molecule is CC(=O)NC1C(NC(=O)OC(C)(C)C)C=C(C(=O)O)OC1C(O)C(O)CO. The first-order chi connectivity index (χ1) is 12.4. The minimum Gasteiger partial charge on any atom is -0.478 e. The molecule has 27 heavy (non-hydrogen) atoms. The van der Waals surface area contributed by atoms with Gasteiger partial charge in [0.2, 0.25) is 11.7 Å². The molecule has 154 valence electrons. The van der Waals surface area contributed by atoms with E-state index in [2.05, 4.69) is 10.6 Å². The standard InChI is InChI=1S/C16H26N2O9/c1-7(20)17-11-8(18-15(25)27-16(2,3)4)5-10(14(23)24)26-13(11)12(22)9(21)6-19/h5,8-9,11-13,19,21-22H,6H2,1-4H3,(H,17,20)(H,18,25)(H,23,24). The van der Waals surface area contributed by atoms with Crippen LogP contribution >= 0.6 is 0 Å². The Balaban J connectivity index is 3.22. The summed E-state index contributed by atoms with van der Waals surface area (Å²) < 4.78 is 10.3. The van der Waals surface area contributed by atoms with Crippen molar-refractivity contribution >= 4 is 18.0 Å². The molecule has 2 amide bonds. The molecule has 6 N–H and O–H groups in total. The average molecular weight is 390 g/mol. The van der Waals surface area contributed by atoms with E-state index in [9.17, 15) is 29.7 Å². The van der Waals surface area contributed by atoms with Crippen molar-refractivity contribution in [3.8, 4) is 0 Å². The summed E-state index contributed by atoms with van der Waals surface area (Å²) in [4.78, 5) is 35.0. The third-order valence-corrected chi connectivity index (χ3v) is 3.52. The molecule has 1 aliphatic rings. The minimum atomic E-state index is -1.75. The lowest BCUT2D eigenvalue weighted by Crippen LogP contribution is -2.63. The lowest BCUT2D eigenvalue weighted by atomic mass is 9.92. The highest BCUT2D eigenvalue weighted by Crippen LogP contribution is 2.23. The largest absolute Gasteiger partial charge is 0.478 e. The van der Waals surface area contributed by atoms with Gasteiger partial charge in [0.15, 0.2) is 0 Å². The number of ether oxygens (including phenoxy) is 2. The third-order valence-electron chi connectivity index (χ3n) is 3.52. The van der Waals surface area contributed by atoms with Crippen LogP contribution in [0, 0.1) is 0 Å². The van der Waals surface area contributed by atoms with E-state index in [0.29, 0.717) is 0 Å². The highest BCUT2D eigenvalue weighted by molar-refractivity contribution is 5.85. The van der Waals surface area contributed by atoms with Crippen LogP contribution in [0.1, 0.15) is 27.7 Å². The van der Waals surface area contributed by atoms with Crippen LogP contribution in [0.2, 0.25) is 0 Å². The molecule has 11 heteroatoms. The van der Waals surface area contributed by atoms with Crippen LogP contribution in [0.4, 0.5) is 4.79 Å². The maximum absolute atomic E-state index is 12.1. The van der Waals surface area contributed by atoms with Gasteiger partial charge in [-0.2, -0.15) is 0 Å². The van der Waals surface area contributed by atoms with E-state index >= 15 is 0 Å². The van der Waals surface area contributed by atoms with Gasteiger partial charge in [-0.25, -0.2) is 9.59 Å². The zero-order valence-electron chi connectivity index (χ0n) is 15.5. The fraction of sp³-hybridized carbons (Fsp3) is 0.688. The molecule has 0 saturated carbocycles. The van der Waals surface area contributed by atoms with E-state index in [4.69, 9.17) is 14.6 Å². The molecule has 0 aromatic rings. The summed E-state index contributed by atoms with van der Waals surface area (Å²) >= 11 is 0. The van der Waals surface area contributed by atoms with Crippen LogP contribution in [0.3, 0.4) is 0 Å². The number of hydrogen-bond donors (Lipinski definition) is 6. The number of rotatable bonds is 6. The monoisotopic (exact) mass is 390 g/mol. The second kappa shape index (κ2) is 9.02.